The molecular formula is C29H26F4O. The van der Waals surface area contributed by atoms with E-state index in [4.69, 9.17) is 0 Å². The van der Waals surface area contributed by atoms with Crippen LogP contribution in [0.15, 0.2) is 61.2 Å². The Morgan fingerprint density at radius 1 is 0.971 bits per heavy atom. The van der Waals surface area contributed by atoms with Crippen LogP contribution < -0.4 is 4.74 Å². The number of hydrogen-bond donors (Lipinski definition) is 0. The Morgan fingerprint density at radius 2 is 1.76 bits per heavy atom. The van der Waals surface area contributed by atoms with Crippen molar-refractivity contribution in [1.29, 1.82) is 0 Å². The lowest BCUT2D eigenvalue weighted by Crippen LogP contribution is -2.13. The SMILES string of the molecule is C=CCCC1CCC(c2ccc3c(F)c(C#Cc4ccc(OC(F)F)c(F)c4)ccc3c2)CC1. The molecule has 0 unspecified atom stereocenters. The predicted octanol–water partition coefficient (Wildman–Crippen LogP) is 8.36. The molecule has 1 nitrogen and oxygen atoms in total. The molecule has 5 heteroatoms. The number of halogens is 4. The lowest BCUT2D eigenvalue weighted by Gasteiger charge is -2.28. The standard InChI is InChI=1S/C29H26F4O/c1-2-3-4-19-5-9-21(10-6-19)23-14-15-25-24(18-23)13-12-22(28(25)31)11-7-20-8-16-27(26(30)17-20)34-29(32)33/h2,8,12-19,21,29H,1,3-6,9-10H2. The van der Waals surface area contributed by atoms with Crippen LogP contribution in [0.4, 0.5) is 17.6 Å². The molecule has 0 aromatic heterocycles. The van der Waals surface area contributed by atoms with Crippen LogP contribution in [0.25, 0.3) is 10.8 Å². The van der Waals surface area contributed by atoms with Gasteiger partial charge < -0.3 is 4.74 Å². The molecule has 1 saturated carbocycles. The number of benzene rings is 3. The van der Waals surface area contributed by atoms with Gasteiger partial charge in [-0.25, -0.2) is 8.78 Å². The number of rotatable bonds is 6. The summed E-state index contributed by atoms with van der Waals surface area (Å²) in [5.74, 6) is 4.75. The van der Waals surface area contributed by atoms with Crippen molar-refractivity contribution >= 4 is 10.8 Å². The summed E-state index contributed by atoms with van der Waals surface area (Å²) in [6, 6.07) is 12.8. The van der Waals surface area contributed by atoms with Crippen LogP contribution >= 0.6 is 0 Å². The first-order valence-electron chi connectivity index (χ1n) is 11.5. The normalized spacial score (nSPS) is 17.9. The van der Waals surface area contributed by atoms with E-state index in [2.05, 4.69) is 29.2 Å². The first-order valence-corrected chi connectivity index (χ1v) is 11.5. The van der Waals surface area contributed by atoms with Gasteiger partial charge in [-0.1, -0.05) is 42.2 Å². The monoisotopic (exact) mass is 466 g/mol. The molecule has 1 aliphatic carbocycles. The van der Waals surface area contributed by atoms with E-state index in [0.717, 1.165) is 42.7 Å². The molecule has 0 aliphatic heterocycles. The molecule has 3 aromatic rings. The van der Waals surface area contributed by atoms with Gasteiger partial charge in [-0.15, -0.1) is 6.58 Å². The van der Waals surface area contributed by atoms with Gasteiger partial charge in [-0.2, -0.15) is 8.78 Å². The van der Waals surface area contributed by atoms with Crippen molar-refractivity contribution in [3.05, 3.63) is 89.5 Å². The van der Waals surface area contributed by atoms with Crippen molar-refractivity contribution in [2.75, 3.05) is 0 Å². The molecule has 0 spiro atoms. The third-order valence-corrected chi connectivity index (χ3v) is 6.56. The number of hydrogen-bond acceptors (Lipinski definition) is 1. The maximum atomic E-state index is 15.1. The summed E-state index contributed by atoms with van der Waals surface area (Å²) in [4.78, 5) is 0. The van der Waals surface area contributed by atoms with Gasteiger partial charge in [0.2, 0.25) is 0 Å². The largest absolute Gasteiger partial charge is 0.432 e. The third kappa shape index (κ3) is 5.62. The minimum absolute atomic E-state index is 0.191. The Kier molecular flexibility index (Phi) is 7.57. The molecule has 0 saturated heterocycles. The first kappa shape index (κ1) is 23.9. The Bertz CT molecular complexity index is 1230. The maximum Gasteiger partial charge on any atom is 0.387 e. The van der Waals surface area contributed by atoms with E-state index in [9.17, 15) is 13.2 Å². The summed E-state index contributed by atoms with van der Waals surface area (Å²) in [5, 5.41) is 1.32. The number of allylic oxidation sites excluding steroid dienone is 1. The van der Waals surface area contributed by atoms with Crippen molar-refractivity contribution < 1.29 is 22.3 Å². The minimum atomic E-state index is -3.11. The van der Waals surface area contributed by atoms with E-state index >= 15 is 4.39 Å². The summed E-state index contributed by atoms with van der Waals surface area (Å²) in [5.41, 5.74) is 1.67. The van der Waals surface area contributed by atoms with E-state index in [1.165, 1.54) is 30.9 Å². The fraction of sp³-hybridized carbons (Fsp3) is 0.310. The second kappa shape index (κ2) is 10.8. The second-order valence-electron chi connectivity index (χ2n) is 8.77. The van der Waals surface area contributed by atoms with Crippen LogP contribution in [0.1, 0.15) is 61.1 Å². The zero-order valence-corrected chi connectivity index (χ0v) is 18.8. The van der Waals surface area contributed by atoms with E-state index in [-0.39, 0.29) is 11.1 Å². The van der Waals surface area contributed by atoms with Gasteiger partial charge in [0, 0.05) is 10.9 Å². The average Bonchev–Trinajstić information content (AvgIpc) is 2.84. The van der Waals surface area contributed by atoms with E-state index in [0.29, 0.717) is 11.3 Å². The topological polar surface area (TPSA) is 9.23 Å². The summed E-state index contributed by atoms with van der Waals surface area (Å²) in [7, 11) is 0. The average molecular weight is 467 g/mol. The van der Waals surface area contributed by atoms with Gasteiger partial charge in [0.15, 0.2) is 11.6 Å². The van der Waals surface area contributed by atoms with Crippen LogP contribution in [0.2, 0.25) is 0 Å². The molecule has 1 fully saturated rings. The van der Waals surface area contributed by atoms with Crippen molar-refractivity contribution in [3.63, 3.8) is 0 Å². The fourth-order valence-electron chi connectivity index (χ4n) is 4.71. The van der Waals surface area contributed by atoms with Gasteiger partial charge in [0.25, 0.3) is 0 Å². The van der Waals surface area contributed by atoms with Crippen LogP contribution in [0.5, 0.6) is 5.75 Å². The predicted molar refractivity (Wildman–Crippen MR) is 127 cm³/mol. The molecule has 3 aromatic carbocycles. The molecule has 0 heterocycles. The fourth-order valence-corrected chi connectivity index (χ4v) is 4.71. The van der Waals surface area contributed by atoms with Crippen LogP contribution in [-0.4, -0.2) is 6.61 Å². The second-order valence-corrected chi connectivity index (χ2v) is 8.77. The first-order chi connectivity index (χ1) is 16.4. The summed E-state index contributed by atoms with van der Waals surface area (Å²) >= 11 is 0. The highest BCUT2D eigenvalue weighted by Gasteiger charge is 2.22. The molecule has 0 radical (unpaired) electrons. The molecule has 4 rings (SSSR count). The van der Waals surface area contributed by atoms with E-state index in [1.807, 2.05) is 24.3 Å². The van der Waals surface area contributed by atoms with Crippen molar-refractivity contribution in [2.24, 2.45) is 5.92 Å². The highest BCUT2D eigenvalue weighted by atomic mass is 19.3. The number of alkyl halides is 2. The lowest BCUT2D eigenvalue weighted by atomic mass is 9.77. The van der Waals surface area contributed by atoms with Gasteiger partial charge in [-0.3, -0.25) is 0 Å². The maximum absolute atomic E-state index is 15.1. The van der Waals surface area contributed by atoms with Gasteiger partial charge in [0.05, 0.1) is 5.56 Å². The number of fused-ring (bicyclic) bond motifs is 1. The van der Waals surface area contributed by atoms with E-state index < -0.39 is 24.0 Å². The summed E-state index contributed by atoms with van der Waals surface area (Å²) in [6.45, 7) is 0.696. The smallest absolute Gasteiger partial charge is 0.387 e. The molecule has 0 amide bonds. The third-order valence-electron chi connectivity index (χ3n) is 6.56. The van der Waals surface area contributed by atoms with Crippen LogP contribution in [0.3, 0.4) is 0 Å². The zero-order valence-electron chi connectivity index (χ0n) is 18.8. The van der Waals surface area contributed by atoms with Crippen molar-refractivity contribution in [2.45, 2.75) is 51.1 Å². The lowest BCUT2D eigenvalue weighted by molar-refractivity contribution is -0.0521. The molecule has 0 atom stereocenters. The highest BCUT2D eigenvalue weighted by Crippen LogP contribution is 2.38. The summed E-state index contributed by atoms with van der Waals surface area (Å²) in [6.07, 6.45) is 9.01. The Hall–Kier alpha value is -3.26. The molecule has 176 valence electrons. The molecular weight excluding hydrogens is 440 g/mol. The minimum Gasteiger partial charge on any atom is -0.432 e. The molecule has 1 aliphatic rings. The zero-order chi connectivity index (χ0) is 24.1. The van der Waals surface area contributed by atoms with Crippen molar-refractivity contribution in [1.82, 2.24) is 0 Å². The molecule has 34 heavy (non-hydrogen) atoms. The Balaban J connectivity index is 1.50. The number of ether oxygens (including phenoxy) is 1. The Labute approximate surface area is 197 Å². The van der Waals surface area contributed by atoms with Gasteiger partial charge >= 0.3 is 6.61 Å². The van der Waals surface area contributed by atoms with Crippen LogP contribution in [0, 0.1) is 29.4 Å². The Morgan fingerprint density at radius 3 is 2.47 bits per heavy atom. The van der Waals surface area contributed by atoms with Gasteiger partial charge in [0.1, 0.15) is 5.82 Å². The molecule has 0 bridgehead atoms. The van der Waals surface area contributed by atoms with Crippen molar-refractivity contribution in [3.8, 4) is 17.6 Å². The van der Waals surface area contributed by atoms with E-state index in [1.54, 1.807) is 6.07 Å². The molecule has 0 N–H and O–H groups in total. The summed E-state index contributed by atoms with van der Waals surface area (Å²) < 4.78 is 57.6. The van der Waals surface area contributed by atoms with Gasteiger partial charge in [-0.05, 0) is 85.6 Å². The highest BCUT2D eigenvalue weighted by molar-refractivity contribution is 5.85. The van der Waals surface area contributed by atoms with Crippen LogP contribution in [-0.2, 0) is 0 Å². The quantitative estimate of drug-likeness (QED) is 0.201.